The summed E-state index contributed by atoms with van der Waals surface area (Å²) < 4.78 is 24.9. The van der Waals surface area contributed by atoms with Crippen LogP contribution < -0.4 is 0 Å². The predicted molar refractivity (Wildman–Crippen MR) is 92.4 cm³/mol. The molecule has 2 aromatic carbocycles. The van der Waals surface area contributed by atoms with Crippen LogP contribution in [-0.4, -0.2) is 18.6 Å². The first-order chi connectivity index (χ1) is 11.2. The van der Waals surface area contributed by atoms with Gasteiger partial charge in [0.1, 0.15) is 22.5 Å². The van der Waals surface area contributed by atoms with E-state index in [9.17, 15) is 23.9 Å². The minimum Gasteiger partial charge on any atom is -0.508 e. The molecule has 0 heterocycles. The van der Waals surface area contributed by atoms with Crippen molar-refractivity contribution in [2.24, 2.45) is 0 Å². The first kappa shape index (κ1) is 18.1. The zero-order valence-corrected chi connectivity index (χ0v) is 14.4. The fourth-order valence-electron chi connectivity index (χ4n) is 1.91. The maximum Gasteiger partial charge on any atom is 0.192 e. The standard InChI is InChI=1S/C16H11Cl2NO4S/c17-12-3-1-11(15(18)6-12)9-24(22,23)14(8-19)5-10-2-4-13(20)7-16(10)21/h1-7,20-21H,9H2/b14-5-. The summed E-state index contributed by atoms with van der Waals surface area (Å²) in [7, 11) is -3.99. The minimum absolute atomic E-state index is 0.0927. The smallest absolute Gasteiger partial charge is 0.192 e. The number of nitriles is 1. The molecular formula is C16H11Cl2NO4S. The van der Waals surface area contributed by atoms with Gasteiger partial charge in [-0.25, -0.2) is 8.42 Å². The van der Waals surface area contributed by atoms with Crippen molar-refractivity contribution < 1.29 is 18.6 Å². The summed E-state index contributed by atoms with van der Waals surface area (Å²) in [5, 5.41) is 28.7. The Bertz CT molecular complexity index is 963. The van der Waals surface area contributed by atoms with Crippen LogP contribution in [0.5, 0.6) is 11.5 Å². The summed E-state index contributed by atoms with van der Waals surface area (Å²) in [4.78, 5) is -0.533. The van der Waals surface area contributed by atoms with Gasteiger partial charge in [-0.15, -0.1) is 0 Å². The molecule has 0 spiro atoms. The van der Waals surface area contributed by atoms with Gasteiger partial charge in [0.2, 0.25) is 0 Å². The Morgan fingerprint density at radius 2 is 1.88 bits per heavy atom. The van der Waals surface area contributed by atoms with Crippen LogP contribution in [0.3, 0.4) is 0 Å². The third-order valence-corrected chi connectivity index (χ3v) is 5.26. The number of hydrogen-bond donors (Lipinski definition) is 2. The zero-order chi connectivity index (χ0) is 17.9. The van der Waals surface area contributed by atoms with Crippen LogP contribution in [0.2, 0.25) is 10.0 Å². The monoisotopic (exact) mass is 383 g/mol. The van der Waals surface area contributed by atoms with Crippen molar-refractivity contribution in [2.75, 3.05) is 0 Å². The summed E-state index contributed by atoms with van der Waals surface area (Å²) >= 11 is 11.7. The summed E-state index contributed by atoms with van der Waals surface area (Å²) in [6.45, 7) is 0. The maximum absolute atomic E-state index is 12.4. The number of rotatable bonds is 4. The van der Waals surface area contributed by atoms with Crippen LogP contribution in [0.1, 0.15) is 11.1 Å². The largest absolute Gasteiger partial charge is 0.508 e. The van der Waals surface area contributed by atoms with E-state index in [4.69, 9.17) is 23.2 Å². The molecule has 2 rings (SSSR count). The normalized spacial score (nSPS) is 12.0. The van der Waals surface area contributed by atoms with Gasteiger partial charge in [0.25, 0.3) is 0 Å². The van der Waals surface area contributed by atoms with Gasteiger partial charge in [-0.2, -0.15) is 5.26 Å². The van der Waals surface area contributed by atoms with Crippen molar-refractivity contribution >= 4 is 39.1 Å². The number of allylic oxidation sites excluding steroid dienone is 1. The number of phenolic OH excluding ortho intramolecular Hbond substituents is 2. The molecule has 0 aromatic heterocycles. The van der Waals surface area contributed by atoms with Crippen LogP contribution >= 0.6 is 23.2 Å². The average Bonchev–Trinajstić information content (AvgIpc) is 2.49. The Hall–Kier alpha value is -2.20. The van der Waals surface area contributed by atoms with E-state index in [1.165, 1.54) is 30.3 Å². The lowest BCUT2D eigenvalue weighted by Gasteiger charge is -2.07. The highest BCUT2D eigenvalue weighted by atomic mass is 35.5. The van der Waals surface area contributed by atoms with E-state index in [0.717, 1.165) is 12.1 Å². The fourth-order valence-corrected chi connectivity index (χ4v) is 3.72. The van der Waals surface area contributed by atoms with Crippen LogP contribution in [0.25, 0.3) is 6.08 Å². The number of sulfone groups is 1. The van der Waals surface area contributed by atoms with Gasteiger partial charge in [-0.1, -0.05) is 29.3 Å². The molecular weight excluding hydrogens is 373 g/mol. The number of halogens is 2. The first-order valence-electron chi connectivity index (χ1n) is 6.53. The van der Waals surface area contributed by atoms with E-state index in [1.54, 1.807) is 6.07 Å². The summed E-state index contributed by atoms with van der Waals surface area (Å²) in [5.74, 6) is -1.01. The van der Waals surface area contributed by atoms with E-state index in [-0.39, 0.29) is 22.1 Å². The molecule has 0 amide bonds. The molecule has 8 heteroatoms. The molecule has 0 aliphatic rings. The van der Waals surface area contributed by atoms with E-state index >= 15 is 0 Å². The van der Waals surface area contributed by atoms with Crippen molar-refractivity contribution in [1.82, 2.24) is 0 Å². The highest BCUT2D eigenvalue weighted by Gasteiger charge is 2.21. The number of nitrogens with zero attached hydrogens (tertiary/aromatic N) is 1. The van der Waals surface area contributed by atoms with E-state index in [1.807, 2.05) is 0 Å². The molecule has 0 aliphatic carbocycles. The van der Waals surface area contributed by atoms with Crippen molar-refractivity contribution in [1.29, 1.82) is 5.26 Å². The summed E-state index contributed by atoms with van der Waals surface area (Å²) in [6.07, 6.45) is 1.04. The average molecular weight is 384 g/mol. The second-order valence-corrected chi connectivity index (χ2v) is 7.66. The van der Waals surface area contributed by atoms with Crippen molar-refractivity contribution in [2.45, 2.75) is 5.75 Å². The Balaban J connectivity index is 2.41. The van der Waals surface area contributed by atoms with Gasteiger partial charge in [0, 0.05) is 21.7 Å². The molecule has 0 unspecified atom stereocenters. The molecule has 0 atom stereocenters. The van der Waals surface area contributed by atoms with Gasteiger partial charge in [-0.05, 0) is 35.9 Å². The Morgan fingerprint density at radius 1 is 1.17 bits per heavy atom. The van der Waals surface area contributed by atoms with Crippen molar-refractivity contribution in [3.05, 3.63) is 62.5 Å². The lowest BCUT2D eigenvalue weighted by atomic mass is 10.2. The Labute approximate surface area is 148 Å². The quantitative estimate of drug-likeness (QED) is 0.780. The number of benzene rings is 2. The van der Waals surface area contributed by atoms with Gasteiger partial charge in [0.15, 0.2) is 9.84 Å². The molecule has 2 N–H and O–H groups in total. The van der Waals surface area contributed by atoms with E-state index in [2.05, 4.69) is 0 Å². The van der Waals surface area contributed by atoms with Crippen molar-refractivity contribution in [3.63, 3.8) is 0 Å². The third kappa shape index (κ3) is 4.20. The Kier molecular flexibility index (Phi) is 5.40. The SMILES string of the molecule is N#C/C(=C/c1ccc(O)cc1O)S(=O)(=O)Cc1ccc(Cl)cc1Cl. The second-order valence-electron chi connectivity index (χ2n) is 4.86. The molecule has 0 saturated heterocycles. The van der Waals surface area contributed by atoms with Gasteiger partial charge in [-0.3, -0.25) is 0 Å². The minimum atomic E-state index is -3.99. The summed E-state index contributed by atoms with van der Waals surface area (Å²) in [5.41, 5.74) is 0.396. The van der Waals surface area contributed by atoms with E-state index in [0.29, 0.717) is 10.6 Å². The molecule has 0 fully saturated rings. The zero-order valence-electron chi connectivity index (χ0n) is 12.1. The van der Waals surface area contributed by atoms with Crippen LogP contribution in [0.4, 0.5) is 0 Å². The van der Waals surface area contributed by atoms with E-state index < -0.39 is 20.5 Å². The van der Waals surface area contributed by atoms with Crippen LogP contribution in [-0.2, 0) is 15.6 Å². The lowest BCUT2D eigenvalue weighted by Crippen LogP contribution is -2.07. The fraction of sp³-hybridized carbons (Fsp3) is 0.0625. The topological polar surface area (TPSA) is 98.4 Å². The van der Waals surface area contributed by atoms with Gasteiger partial charge >= 0.3 is 0 Å². The molecule has 124 valence electrons. The molecule has 2 aromatic rings. The molecule has 0 aliphatic heterocycles. The number of hydrogen-bond acceptors (Lipinski definition) is 5. The third-order valence-electron chi connectivity index (χ3n) is 3.11. The first-order valence-corrected chi connectivity index (χ1v) is 8.94. The number of phenols is 2. The molecule has 0 radical (unpaired) electrons. The highest BCUT2D eigenvalue weighted by Crippen LogP contribution is 2.28. The molecule has 5 nitrogen and oxygen atoms in total. The molecule has 24 heavy (non-hydrogen) atoms. The Morgan fingerprint density at radius 3 is 2.46 bits per heavy atom. The van der Waals surface area contributed by atoms with Gasteiger partial charge in [0.05, 0.1) is 5.75 Å². The summed E-state index contributed by atoms with van der Waals surface area (Å²) in [6, 6.07) is 9.60. The second kappa shape index (κ2) is 7.14. The lowest BCUT2D eigenvalue weighted by molar-refractivity contribution is 0.450. The number of aromatic hydroxyl groups is 2. The molecule has 0 bridgehead atoms. The van der Waals surface area contributed by atoms with Crippen molar-refractivity contribution in [3.8, 4) is 17.6 Å². The van der Waals surface area contributed by atoms with Crippen LogP contribution in [0, 0.1) is 11.3 Å². The van der Waals surface area contributed by atoms with Crippen LogP contribution in [0.15, 0.2) is 41.3 Å². The molecule has 0 saturated carbocycles. The highest BCUT2D eigenvalue weighted by molar-refractivity contribution is 7.95. The maximum atomic E-state index is 12.4. The van der Waals surface area contributed by atoms with Gasteiger partial charge < -0.3 is 10.2 Å². The predicted octanol–water partition coefficient (Wildman–Crippen LogP) is 3.88.